The first kappa shape index (κ1) is 9.98. The molecule has 70 valence electrons. The molecule has 0 bridgehead atoms. The van der Waals surface area contributed by atoms with E-state index in [9.17, 15) is 4.79 Å². The highest BCUT2D eigenvalue weighted by atomic mass is 16.1. The van der Waals surface area contributed by atoms with Gasteiger partial charge in [0, 0.05) is 18.5 Å². The van der Waals surface area contributed by atoms with Crippen LogP contribution in [-0.2, 0) is 4.79 Å². The lowest BCUT2D eigenvalue weighted by Gasteiger charge is -2.28. The normalized spacial score (nSPS) is 22.7. The van der Waals surface area contributed by atoms with Gasteiger partial charge in [-0.1, -0.05) is 12.8 Å². The SMILES string of the molecule is CCN1CCCC(C#CN=C=O)C1. The molecule has 0 aromatic heterocycles. The Morgan fingerprint density at radius 3 is 3.15 bits per heavy atom. The summed E-state index contributed by atoms with van der Waals surface area (Å²) in [5, 5.41) is 0. The summed E-state index contributed by atoms with van der Waals surface area (Å²) in [5.74, 6) is 3.35. The third-order valence-corrected chi connectivity index (χ3v) is 2.32. The molecule has 13 heavy (non-hydrogen) atoms. The molecule has 3 nitrogen and oxygen atoms in total. The summed E-state index contributed by atoms with van der Waals surface area (Å²) in [6.45, 7) is 5.41. The lowest BCUT2D eigenvalue weighted by Crippen LogP contribution is -2.34. The monoisotopic (exact) mass is 178 g/mol. The van der Waals surface area contributed by atoms with Gasteiger partial charge in [-0.25, -0.2) is 4.79 Å². The van der Waals surface area contributed by atoms with Gasteiger partial charge in [0.2, 0.25) is 6.08 Å². The minimum atomic E-state index is 0.380. The van der Waals surface area contributed by atoms with Gasteiger partial charge in [0.05, 0.1) is 0 Å². The van der Waals surface area contributed by atoms with E-state index in [1.165, 1.54) is 19.0 Å². The molecule has 0 aliphatic carbocycles. The number of piperidine rings is 1. The standard InChI is InChI=1S/C10H14N2O/c1-2-12-7-3-4-10(8-12)5-6-11-9-13/h10H,2-4,7-8H2,1H3. The number of nitrogens with zero attached hydrogens (tertiary/aromatic N) is 2. The summed E-state index contributed by atoms with van der Waals surface area (Å²) >= 11 is 0. The Morgan fingerprint density at radius 2 is 2.46 bits per heavy atom. The predicted molar refractivity (Wildman–Crippen MR) is 50.7 cm³/mol. The van der Waals surface area contributed by atoms with Crippen molar-refractivity contribution in [1.82, 2.24) is 4.90 Å². The maximum Gasteiger partial charge on any atom is 0.249 e. The fourth-order valence-electron chi connectivity index (χ4n) is 1.61. The van der Waals surface area contributed by atoms with Crippen LogP contribution in [0.25, 0.3) is 0 Å². The number of isocyanates is 1. The van der Waals surface area contributed by atoms with Crippen molar-refractivity contribution in [3.05, 3.63) is 0 Å². The number of hydrogen-bond donors (Lipinski definition) is 0. The number of rotatable bonds is 1. The van der Waals surface area contributed by atoms with Gasteiger partial charge in [0.1, 0.15) is 0 Å². The molecular weight excluding hydrogens is 164 g/mol. The summed E-state index contributed by atoms with van der Waals surface area (Å²) in [5.41, 5.74) is 0. The highest BCUT2D eigenvalue weighted by Crippen LogP contribution is 2.14. The molecule has 1 rings (SSSR count). The molecule has 0 radical (unpaired) electrons. The Morgan fingerprint density at radius 1 is 1.62 bits per heavy atom. The van der Waals surface area contributed by atoms with Crippen LogP contribution in [-0.4, -0.2) is 30.6 Å². The van der Waals surface area contributed by atoms with Gasteiger partial charge >= 0.3 is 0 Å². The van der Waals surface area contributed by atoms with Crippen LogP contribution in [0.1, 0.15) is 19.8 Å². The van der Waals surface area contributed by atoms with Gasteiger partial charge in [-0.2, -0.15) is 0 Å². The predicted octanol–water partition coefficient (Wildman–Crippen LogP) is 1.01. The van der Waals surface area contributed by atoms with Crippen molar-refractivity contribution >= 4 is 6.08 Å². The number of hydrogen-bond acceptors (Lipinski definition) is 3. The molecule has 0 spiro atoms. The Kier molecular flexibility index (Phi) is 4.25. The maximum atomic E-state index is 9.76. The largest absolute Gasteiger partial charge is 0.302 e. The Bertz CT molecular complexity index is 258. The quantitative estimate of drug-likeness (QED) is 0.341. The number of aliphatic imine (C=N–C) groups is 1. The van der Waals surface area contributed by atoms with Crippen LogP contribution < -0.4 is 0 Å². The first-order valence-electron chi connectivity index (χ1n) is 4.66. The van der Waals surface area contributed by atoms with Gasteiger partial charge in [0.15, 0.2) is 0 Å². The molecule has 1 saturated heterocycles. The minimum absolute atomic E-state index is 0.380. The number of carbonyl (C=O) groups excluding carboxylic acids is 1. The van der Waals surface area contributed by atoms with Crippen molar-refractivity contribution in [3.63, 3.8) is 0 Å². The molecule has 0 amide bonds. The zero-order chi connectivity index (χ0) is 9.52. The second-order valence-corrected chi connectivity index (χ2v) is 3.19. The van der Waals surface area contributed by atoms with Crippen molar-refractivity contribution < 1.29 is 4.79 Å². The van der Waals surface area contributed by atoms with E-state index in [-0.39, 0.29) is 0 Å². The van der Waals surface area contributed by atoms with Gasteiger partial charge in [-0.15, -0.1) is 4.99 Å². The number of likely N-dealkylation sites (tertiary alicyclic amines) is 1. The van der Waals surface area contributed by atoms with Crippen LogP contribution in [0.5, 0.6) is 0 Å². The summed E-state index contributed by atoms with van der Waals surface area (Å²) in [4.78, 5) is 15.4. The average molecular weight is 178 g/mol. The maximum absolute atomic E-state index is 9.76. The molecule has 0 aromatic rings. The van der Waals surface area contributed by atoms with E-state index in [1.54, 1.807) is 0 Å². The van der Waals surface area contributed by atoms with E-state index in [0.717, 1.165) is 19.5 Å². The molecule has 1 aliphatic rings. The van der Waals surface area contributed by atoms with Crippen molar-refractivity contribution in [2.75, 3.05) is 19.6 Å². The van der Waals surface area contributed by atoms with Crippen LogP contribution in [0.3, 0.4) is 0 Å². The zero-order valence-corrected chi connectivity index (χ0v) is 7.92. The van der Waals surface area contributed by atoms with E-state index in [0.29, 0.717) is 5.92 Å². The van der Waals surface area contributed by atoms with Gasteiger partial charge in [0.25, 0.3) is 0 Å². The van der Waals surface area contributed by atoms with Crippen LogP contribution >= 0.6 is 0 Å². The molecule has 1 heterocycles. The van der Waals surface area contributed by atoms with Gasteiger partial charge in [-0.05, 0) is 25.9 Å². The lowest BCUT2D eigenvalue weighted by molar-refractivity contribution is 0.210. The summed E-state index contributed by atoms with van der Waals surface area (Å²) in [6, 6.07) is 2.47. The third-order valence-electron chi connectivity index (χ3n) is 2.32. The first-order valence-corrected chi connectivity index (χ1v) is 4.66. The first-order chi connectivity index (χ1) is 6.36. The Hall–Kier alpha value is -1.10. The topological polar surface area (TPSA) is 32.7 Å². The third kappa shape index (κ3) is 3.42. The van der Waals surface area contributed by atoms with Gasteiger partial charge in [-0.3, -0.25) is 0 Å². The van der Waals surface area contributed by atoms with Crippen molar-refractivity contribution in [2.45, 2.75) is 19.8 Å². The molecule has 3 heteroatoms. The molecule has 1 aliphatic heterocycles. The lowest BCUT2D eigenvalue weighted by atomic mass is 9.99. The fourth-order valence-corrected chi connectivity index (χ4v) is 1.61. The molecule has 0 saturated carbocycles. The van der Waals surface area contributed by atoms with E-state index < -0.39 is 0 Å². The minimum Gasteiger partial charge on any atom is -0.302 e. The molecule has 0 aromatic carbocycles. The fraction of sp³-hybridized carbons (Fsp3) is 0.700. The summed E-state index contributed by atoms with van der Waals surface area (Å²) in [6.07, 6.45) is 3.74. The van der Waals surface area contributed by atoms with E-state index >= 15 is 0 Å². The van der Waals surface area contributed by atoms with Crippen LogP contribution in [0.4, 0.5) is 0 Å². The van der Waals surface area contributed by atoms with Crippen LogP contribution in [0.15, 0.2) is 4.99 Å². The molecule has 1 atom stereocenters. The van der Waals surface area contributed by atoms with Crippen molar-refractivity contribution in [2.24, 2.45) is 10.9 Å². The Balaban J connectivity index is 2.43. The molecular formula is C10H14N2O. The van der Waals surface area contributed by atoms with Crippen molar-refractivity contribution in [3.8, 4) is 12.0 Å². The zero-order valence-electron chi connectivity index (χ0n) is 7.92. The molecule has 1 fully saturated rings. The van der Waals surface area contributed by atoms with Crippen LogP contribution in [0.2, 0.25) is 0 Å². The van der Waals surface area contributed by atoms with E-state index in [4.69, 9.17) is 0 Å². The average Bonchev–Trinajstić information content (AvgIpc) is 2.19. The molecule has 1 unspecified atom stereocenters. The summed E-state index contributed by atoms with van der Waals surface area (Å²) in [7, 11) is 0. The summed E-state index contributed by atoms with van der Waals surface area (Å²) < 4.78 is 0. The second-order valence-electron chi connectivity index (χ2n) is 3.19. The smallest absolute Gasteiger partial charge is 0.249 e. The van der Waals surface area contributed by atoms with E-state index in [1.807, 2.05) is 0 Å². The van der Waals surface area contributed by atoms with Crippen molar-refractivity contribution in [1.29, 1.82) is 0 Å². The Labute approximate surface area is 78.8 Å². The van der Waals surface area contributed by atoms with E-state index in [2.05, 4.69) is 28.8 Å². The highest BCUT2D eigenvalue weighted by Gasteiger charge is 2.16. The van der Waals surface area contributed by atoms with Gasteiger partial charge < -0.3 is 4.90 Å². The molecule has 0 N–H and O–H groups in total. The second kappa shape index (κ2) is 5.53. The van der Waals surface area contributed by atoms with Crippen LogP contribution in [0, 0.1) is 17.9 Å². The highest BCUT2D eigenvalue weighted by molar-refractivity contribution is 5.36.